The fraction of sp³-hybridized carbons (Fsp3) is 0. The summed E-state index contributed by atoms with van der Waals surface area (Å²) in [4.78, 5) is 10.0. The average molecular weight is 233 g/mol. The summed E-state index contributed by atoms with van der Waals surface area (Å²) in [5.74, 6) is 0. The van der Waals surface area contributed by atoms with Gasteiger partial charge in [0.2, 0.25) is 0 Å². The zero-order valence-electron chi connectivity index (χ0n) is 9.04. The van der Waals surface area contributed by atoms with Crippen LogP contribution in [-0.4, -0.2) is 6.29 Å². The van der Waals surface area contributed by atoms with E-state index in [-0.39, 0.29) is 9.90 Å². The minimum absolute atomic E-state index is 0. The smallest absolute Gasteiger partial charge is 0.150 e. The Hall–Kier alpha value is -1.66. The first-order chi connectivity index (χ1) is 7.33. The molecule has 84 valence electrons. The Morgan fingerprint density at radius 3 is 1.50 bits per heavy atom. The lowest BCUT2D eigenvalue weighted by molar-refractivity contribution is 0.112. The molecule has 1 atom stereocenters. The highest BCUT2D eigenvalue weighted by molar-refractivity contribution is 6.92. The molecule has 0 bridgehead atoms. The Morgan fingerprint density at radius 2 is 1.25 bits per heavy atom. The highest BCUT2D eigenvalue weighted by atomic mass is 31.0. The second kappa shape index (κ2) is 8.63. The van der Waals surface area contributed by atoms with Gasteiger partial charge in [0, 0.05) is 11.3 Å². The van der Waals surface area contributed by atoms with Gasteiger partial charge < -0.3 is 5.73 Å². The van der Waals surface area contributed by atoms with E-state index in [9.17, 15) is 4.79 Å². The summed E-state index contributed by atoms with van der Waals surface area (Å²) in [7, 11) is 0. The fourth-order valence-electron chi connectivity index (χ4n) is 0.985. The van der Waals surface area contributed by atoms with Crippen LogP contribution in [0.3, 0.4) is 0 Å². The van der Waals surface area contributed by atoms with Crippen molar-refractivity contribution in [2.24, 2.45) is 0 Å². The maximum absolute atomic E-state index is 10.0. The van der Waals surface area contributed by atoms with E-state index in [1.165, 1.54) is 0 Å². The lowest BCUT2D eigenvalue weighted by Gasteiger charge is -1.83. The van der Waals surface area contributed by atoms with Crippen LogP contribution >= 0.6 is 9.90 Å². The molecule has 2 aromatic rings. The van der Waals surface area contributed by atoms with Crippen molar-refractivity contribution in [3.8, 4) is 0 Å². The van der Waals surface area contributed by atoms with Crippen LogP contribution < -0.4 is 5.73 Å². The molecule has 0 amide bonds. The van der Waals surface area contributed by atoms with Crippen LogP contribution in [0.5, 0.6) is 0 Å². The van der Waals surface area contributed by atoms with Crippen molar-refractivity contribution in [3.05, 3.63) is 66.2 Å². The van der Waals surface area contributed by atoms with E-state index in [0.717, 1.165) is 17.5 Å². The van der Waals surface area contributed by atoms with Crippen molar-refractivity contribution >= 4 is 21.9 Å². The predicted molar refractivity (Wildman–Crippen MR) is 73.8 cm³/mol. The van der Waals surface area contributed by atoms with Crippen molar-refractivity contribution in [2.45, 2.75) is 0 Å². The number of nitrogen functional groups attached to an aromatic ring is 1. The van der Waals surface area contributed by atoms with E-state index in [4.69, 9.17) is 5.73 Å². The Bertz CT molecular complexity index is 389. The third-order valence-electron chi connectivity index (χ3n) is 1.74. The Morgan fingerprint density at radius 1 is 0.812 bits per heavy atom. The number of benzene rings is 2. The van der Waals surface area contributed by atoms with Gasteiger partial charge in [0.05, 0.1) is 0 Å². The van der Waals surface area contributed by atoms with Gasteiger partial charge >= 0.3 is 0 Å². The first-order valence-electron chi connectivity index (χ1n) is 4.63. The van der Waals surface area contributed by atoms with Gasteiger partial charge in [0.1, 0.15) is 6.29 Å². The first-order valence-corrected chi connectivity index (χ1v) is 4.63. The third-order valence-corrected chi connectivity index (χ3v) is 1.74. The minimum Gasteiger partial charge on any atom is -0.399 e. The molecule has 2 rings (SSSR count). The van der Waals surface area contributed by atoms with Crippen molar-refractivity contribution in [1.82, 2.24) is 0 Å². The molecule has 1 unspecified atom stereocenters. The number of aldehydes is 1. The lowest BCUT2D eigenvalue weighted by Crippen LogP contribution is -1.79. The molecule has 2 N–H and O–H groups in total. The van der Waals surface area contributed by atoms with E-state index in [0.29, 0.717) is 0 Å². The third kappa shape index (κ3) is 5.94. The Balaban J connectivity index is 0.000000267. The molecule has 0 saturated carbocycles. The van der Waals surface area contributed by atoms with Gasteiger partial charge in [-0.15, -0.1) is 0 Å². The number of hydrogen-bond acceptors (Lipinski definition) is 2. The second-order valence-electron chi connectivity index (χ2n) is 2.94. The SMILES string of the molecule is Nc1ccccc1.O=Cc1ccccc1.P. The molecular formula is C13H16NOP. The van der Waals surface area contributed by atoms with Gasteiger partial charge in [-0.3, -0.25) is 4.79 Å². The van der Waals surface area contributed by atoms with Gasteiger partial charge in [-0.25, -0.2) is 0 Å². The second-order valence-corrected chi connectivity index (χ2v) is 2.94. The normalized spacial score (nSPS) is 8.00. The van der Waals surface area contributed by atoms with Gasteiger partial charge in [0.25, 0.3) is 0 Å². The van der Waals surface area contributed by atoms with E-state index in [1.54, 1.807) is 12.1 Å². The molecule has 0 aliphatic carbocycles. The molecule has 0 heterocycles. The van der Waals surface area contributed by atoms with E-state index in [2.05, 4.69) is 0 Å². The van der Waals surface area contributed by atoms with E-state index in [1.807, 2.05) is 48.5 Å². The predicted octanol–water partition coefficient (Wildman–Crippen LogP) is 2.83. The zero-order valence-corrected chi connectivity index (χ0v) is 10.5. The topological polar surface area (TPSA) is 43.1 Å². The quantitative estimate of drug-likeness (QED) is 0.467. The maximum Gasteiger partial charge on any atom is 0.150 e. The summed E-state index contributed by atoms with van der Waals surface area (Å²) >= 11 is 0. The van der Waals surface area contributed by atoms with Gasteiger partial charge in [-0.1, -0.05) is 48.5 Å². The van der Waals surface area contributed by atoms with Crippen LogP contribution in [0.15, 0.2) is 60.7 Å². The molecular weight excluding hydrogens is 217 g/mol. The highest BCUT2D eigenvalue weighted by Gasteiger charge is 1.80. The molecule has 2 aromatic carbocycles. The summed E-state index contributed by atoms with van der Waals surface area (Å²) in [6.45, 7) is 0. The van der Waals surface area contributed by atoms with Crippen LogP contribution in [0.1, 0.15) is 10.4 Å². The lowest BCUT2D eigenvalue weighted by atomic mass is 10.2. The van der Waals surface area contributed by atoms with Gasteiger partial charge in [-0.05, 0) is 12.1 Å². The molecule has 0 aromatic heterocycles. The molecule has 0 radical (unpaired) electrons. The number of anilines is 1. The standard InChI is InChI=1S/C7H6O.C6H7N.H3P/c8-6-7-4-2-1-3-5-7;7-6-4-2-1-3-5-6;/h1-6H;1-5H,7H2;1H3. The van der Waals surface area contributed by atoms with E-state index < -0.39 is 0 Å². The largest absolute Gasteiger partial charge is 0.399 e. The van der Waals surface area contributed by atoms with Crippen LogP contribution in [-0.2, 0) is 0 Å². The van der Waals surface area contributed by atoms with Crippen molar-refractivity contribution in [2.75, 3.05) is 5.73 Å². The molecule has 0 aliphatic heterocycles. The average Bonchev–Trinajstić information content (AvgIpc) is 2.32. The molecule has 2 nitrogen and oxygen atoms in total. The molecule has 0 spiro atoms. The molecule has 16 heavy (non-hydrogen) atoms. The molecule has 0 aliphatic rings. The highest BCUT2D eigenvalue weighted by Crippen LogP contribution is 1.95. The molecule has 3 heteroatoms. The summed E-state index contributed by atoms with van der Waals surface area (Å²) in [6, 6.07) is 18.6. The minimum atomic E-state index is 0. The number of rotatable bonds is 1. The number of nitrogens with two attached hydrogens (primary N) is 1. The zero-order chi connectivity index (χ0) is 10.9. The van der Waals surface area contributed by atoms with Crippen LogP contribution in [0.25, 0.3) is 0 Å². The van der Waals surface area contributed by atoms with Crippen molar-refractivity contribution in [1.29, 1.82) is 0 Å². The first kappa shape index (κ1) is 14.3. The number of para-hydroxylation sites is 1. The molecule has 0 saturated heterocycles. The summed E-state index contributed by atoms with van der Waals surface area (Å²) in [5, 5.41) is 0. The van der Waals surface area contributed by atoms with Crippen LogP contribution in [0, 0.1) is 0 Å². The van der Waals surface area contributed by atoms with Crippen molar-refractivity contribution in [3.63, 3.8) is 0 Å². The van der Waals surface area contributed by atoms with Crippen molar-refractivity contribution < 1.29 is 4.79 Å². The van der Waals surface area contributed by atoms with Crippen LogP contribution in [0.4, 0.5) is 5.69 Å². The van der Waals surface area contributed by atoms with Crippen LogP contribution in [0.2, 0.25) is 0 Å². The monoisotopic (exact) mass is 233 g/mol. The Kier molecular flexibility index (Phi) is 7.74. The number of carbonyl (C=O) groups is 1. The molecule has 0 fully saturated rings. The summed E-state index contributed by atoms with van der Waals surface area (Å²) in [6.07, 6.45) is 0.833. The maximum atomic E-state index is 10.0. The number of carbonyl (C=O) groups excluding carboxylic acids is 1. The fourth-order valence-corrected chi connectivity index (χ4v) is 0.985. The van der Waals surface area contributed by atoms with Gasteiger partial charge in [-0.2, -0.15) is 9.90 Å². The Labute approximate surface area is 99.1 Å². The van der Waals surface area contributed by atoms with E-state index >= 15 is 0 Å². The summed E-state index contributed by atoms with van der Waals surface area (Å²) in [5.41, 5.74) is 6.91. The number of hydrogen-bond donors (Lipinski definition) is 1. The van der Waals surface area contributed by atoms with Gasteiger partial charge in [0.15, 0.2) is 0 Å². The summed E-state index contributed by atoms with van der Waals surface area (Å²) < 4.78 is 0.